The van der Waals surface area contributed by atoms with E-state index in [0.29, 0.717) is 31.2 Å². The molecular formula is C28H36F2N6O2. The lowest BCUT2D eigenvalue weighted by atomic mass is 9.85. The molecule has 0 aliphatic carbocycles. The molecule has 0 bridgehead atoms. The molecule has 3 saturated heterocycles. The van der Waals surface area contributed by atoms with E-state index >= 15 is 4.39 Å². The van der Waals surface area contributed by atoms with Crippen molar-refractivity contribution in [1.82, 2.24) is 24.6 Å². The Labute approximate surface area is 221 Å². The molecule has 3 aliphatic rings. The molecular weight excluding hydrogens is 490 g/mol. The topological polar surface area (TPSA) is 68.5 Å². The Kier molecular flexibility index (Phi) is 7.29. The first kappa shape index (κ1) is 25.6. The smallest absolute Gasteiger partial charge is 0.159 e. The lowest BCUT2D eigenvalue weighted by Gasteiger charge is -2.41. The number of anilines is 1. The molecule has 1 unspecified atom stereocenters. The van der Waals surface area contributed by atoms with E-state index in [-0.39, 0.29) is 24.9 Å². The molecule has 0 amide bonds. The van der Waals surface area contributed by atoms with Crippen LogP contribution in [0.25, 0.3) is 16.7 Å². The number of fused-ring (bicyclic) bond motifs is 1. The minimum absolute atomic E-state index is 0.0912. The van der Waals surface area contributed by atoms with Gasteiger partial charge in [0.1, 0.15) is 24.5 Å². The molecule has 0 saturated carbocycles. The minimum atomic E-state index is -1.03. The second kappa shape index (κ2) is 10.8. The number of halogens is 2. The third-order valence-electron chi connectivity index (χ3n) is 8.06. The van der Waals surface area contributed by atoms with Crippen LogP contribution in [0.3, 0.4) is 0 Å². The van der Waals surface area contributed by atoms with Crippen molar-refractivity contribution in [2.45, 2.75) is 64.0 Å². The Hall–Kier alpha value is -2.69. The van der Waals surface area contributed by atoms with E-state index in [9.17, 15) is 4.39 Å². The van der Waals surface area contributed by atoms with Gasteiger partial charge in [0.15, 0.2) is 12.1 Å². The highest BCUT2D eigenvalue weighted by atomic mass is 19.1. The highest BCUT2D eigenvalue weighted by Crippen LogP contribution is 2.35. The Bertz CT molecular complexity index is 1270. The van der Waals surface area contributed by atoms with Crippen molar-refractivity contribution in [1.29, 1.82) is 0 Å². The number of hydrogen-bond acceptors (Lipinski definition) is 7. The van der Waals surface area contributed by atoms with E-state index in [1.165, 1.54) is 0 Å². The molecule has 6 rings (SSSR count). The molecule has 1 aromatic carbocycles. The monoisotopic (exact) mass is 526 g/mol. The molecule has 3 aliphatic heterocycles. The largest absolute Gasteiger partial charge is 0.353 e. The first-order valence-electron chi connectivity index (χ1n) is 13.8. The number of alkyl halides is 2. The normalized spacial score (nSPS) is 25.2. The van der Waals surface area contributed by atoms with Crippen molar-refractivity contribution in [2.24, 2.45) is 0 Å². The zero-order valence-corrected chi connectivity index (χ0v) is 22.2. The Morgan fingerprint density at radius 2 is 1.89 bits per heavy atom. The highest BCUT2D eigenvalue weighted by molar-refractivity contribution is 5.82. The number of aromatic nitrogens is 4. The lowest BCUT2D eigenvalue weighted by molar-refractivity contribution is -0.191. The van der Waals surface area contributed by atoms with E-state index in [4.69, 9.17) is 9.47 Å². The van der Waals surface area contributed by atoms with Crippen molar-refractivity contribution in [2.75, 3.05) is 50.9 Å². The summed E-state index contributed by atoms with van der Waals surface area (Å²) >= 11 is 0. The average Bonchev–Trinajstić information content (AvgIpc) is 3.29. The zero-order chi connectivity index (χ0) is 26.2. The quantitative estimate of drug-likeness (QED) is 0.456. The Morgan fingerprint density at radius 1 is 1.05 bits per heavy atom. The number of benzene rings is 1. The summed E-state index contributed by atoms with van der Waals surface area (Å²) in [5, 5.41) is 5.63. The molecule has 10 heteroatoms. The number of likely N-dealkylation sites (tertiary alicyclic amines) is 1. The SMILES string of the molecule is Cc1nc(N2CC(OC3CCCCO3)C2)cc(-n2ncc3cc(C)c([C@@H]4CCN(CCF)C[C@@H]4F)cc32)n1. The summed E-state index contributed by atoms with van der Waals surface area (Å²) in [7, 11) is 0. The Balaban J connectivity index is 1.22. The predicted octanol–water partition coefficient (Wildman–Crippen LogP) is 4.26. The van der Waals surface area contributed by atoms with Crippen molar-refractivity contribution >= 4 is 16.7 Å². The van der Waals surface area contributed by atoms with Crippen LogP contribution in [0.5, 0.6) is 0 Å². The summed E-state index contributed by atoms with van der Waals surface area (Å²) in [6, 6.07) is 6.10. The molecule has 2 aromatic heterocycles. The summed E-state index contributed by atoms with van der Waals surface area (Å²) < 4.78 is 41.7. The fraction of sp³-hybridized carbons (Fsp3) is 0.607. The fourth-order valence-corrected chi connectivity index (χ4v) is 5.98. The van der Waals surface area contributed by atoms with Gasteiger partial charge in [0.05, 0.1) is 17.8 Å². The molecule has 38 heavy (non-hydrogen) atoms. The van der Waals surface area contributed by atoms with E-state index < -0.39 is 12.8 Å². The van der Waals surface area contributed by atoms with Crippen LogP contribution in [-0.4, -0.2) is 89.2 Å². The van der Waals surface area contributed by atoms with Crippen molar-refractivity contribution < 1.29 is 18.3 Å². The van der Waals surface area contributed by atoms with Gasteiger partial charge in [-0.2, -0.15) is 5.10 Å². The minimum Gasteiger partial charge on any atom is -0.353 e. The van der Waals surface area contributed by atoms with E-state index in [2.05, 4.69) is 32.1 Å². The molecule has 204 valence electrons. The molecule has 0 N–H and O–H groups in total. The molecule has 0 spiro atoms. The molecule has 3 atom stereocenters. The number of nitrogens with zero attached hydrogens (tertiary/aromatic N) is 6. The maximum Gasteiger partial charge on any atom is 0.159 e. The molecule has 3 fully saturated rings. The summed E-state index contributed by atoms with van der Waals surface area (Å²) in [6.07, 6.45) is 4.73. The van der Waals surface area contributed by atoms with Gasteiger partial charge in [-0.1, -0.05) is 0 Å². The van der Waals surface area contributed by atoms with Gasteiger partial charge in [-0.3, -0.25) is 4.90 Å². The van der Waals surface area contributed by atoms with Gasteiger partial charge < -0.3 is 14.4 Å². The van der Waals surface area contributed by atoms with Crippen LogP contribution in [0.4, 0.5) is 14.6 Å². The Morgan fingerprint density at radius 3 is 2.66 bits per heavy atom. The van der Waals surface area contributed by atoms with E-state index in [1.807, 2.05) is 35.7 Å². The third-order valence-corrected chi connectivity index (χ3v) is 8.06. The first-order valence-corrected chi connectivity index (χ1v) is 13.8. The second-order valence-electron chi connectivity index (χ2n) is 10.8. The van der Waals surface area contributed by atoms with Crippen LogP contribution in [0.2, 0.25) is 0 Å². The van der Waals surface area contributed by atoms with Crippen molar-refractivity contribution in [3.8, 4) is 5.82 Å². The zero-order valence-electron chi connectivity index (χ0n) is 22.2. The first-order chi connectivity index (χ1) is 18.5. The molecule has 5 heterocycles. The summed E-state index contributed by atoms with van der Waals surface area (Å²) in [4.78, 5) is 13.4. The average molecular weight is 527 g/mol. The van der Waals surface area contributed by atoms with Crippen molar-refractivity contribution in [3.05, 3.63) is 41.3 Å². The van der Waals surface area contributed by atoms with Gasteiger partial charge in [-0.25, -0.2) is 23.4 Å². The molecule has 0 radical (unpaired) electrons. The summed E-state index contributed by atoms with van der Waals surface area (Å²) in [5.74, 6) is 1.98. The second-order valence-corrected chi connectivity index (χ2v) is 10.8. The van der Waals surface area contributed by atoms with Gasteiger partial charge in [0.25, 0.3) is 0 Å². The summed E-state index contributed by atoms with van der Waals surface area (Å²) in [6.45, 7) is 7.04. The van der Waals surface area contributed by atoms with E-state index in [0.717, 1.165) is 66.8 Å². The lowest BCUT2D eigenvalue weighted by Crippen LogP contribution is -2.54. The van der Waals surface area contributed by atoms with Gasteiger partial charge in [-0.15, -0.1) is 0 Å². The number of ether oxygens (including phenoxy) is 2. The van der Waals surface area contributed by atoms with Gasteiger partial charge in [-0.05, 0) is 69.3 Å². The van der Waals surface area contributed by atoms with Crippen LogP contribution in [0.15, 0.2) is 24.4 Å². The third kappa shape index (κ3) is 5.13. The highest BCUT2D eigenvalue weighted by Gasteiger charge is 2.33. The van der Waals surface area contributed by atoms with Gasteiger partial charge >= 0.3 is 0 Å². The maximum absolute atomic E-state index is 15.2. The fourth-order valence-electron chi connectivity index (χ4n) is 5.98. The summed E-state index contributed by atoms with van der Waals surface area (Å²) in [5.41, 5.74) is 2.94. The standard InChI is InChI=1S/C28H36F2N6O2/c1-18-11-20-14-31-36(25(20)12-23(18)22-6-8-34(9-7-29)17-24(22)30)27-13-26(32-19(2)33-27)35-15-21(16-35)38-28-5-3-4-10-37-28/h11-14,21-22,24,28H,3-10,15-17H2,1-2H3/t22-,24-,28?/m0/s1. The van der Waals surface area contributed by atoms with Gasteiger partial charge in [0.2, 0.25) is 0 Å². The number of piperidine rings is 1. The number of aryl methyl sites for hydroxylation is 2. The van der Waals surface area contributed by atoms with Gasteiger partial charge in [0, 0.05) is 50.2 Å². The van der Waals surface area contributed by atoms with Crippen LogP contribution < -0.4 is 4.90 Å². The predicted molar refractivity (Wildman–Crippen MR) is 141 cm³/mol. The van der Waals surface area contributed by atoms with Crippen LogP contribution in [0.1, 0.15) is 48.6 Å². The van der Waals surface area contributed by atoms with Crippen LogP contribution >= 0.6 is 0 Å². The number of hydrogen-bond donors (Lipinski definition) is 0. The molecule has 3 aromatic rings. The van der Waals surface area contributed by atoms with Crippen molar-refractivity contribution in [3.63, 3.8) is 0 Å². The maximum atomic E-state index is 15.2. The van der Waals surface area contributed by atoms with E-state index in [1.54, 1.807) is 0 Å². The van der Waals surface area contributed by atoms with Crippen LogP contribution in [-0.2, 0) is 9.47 Å². The molecule has 8 nitrogen and oxygen atoms in total. The van der Waals surface area contributed by atoms with Crippen LogP contribution in [0, 0.1) is 13.8 Å². The number of rotatable bonds is 7.